The Bertz CT molecular complexity index is 477. The highest BCUT2D eigenvalue weighted by Gasteiger charge is 2.35. The second kappa shape index (κ2) is 7.66. The van der Waals surface area contributed by atoms with Gasteiger partial charge in [-0.2, -0.15) is 0 Å². The van der Waals surface area contributed by atoms with Crippen molar-refractivity contribution in [1.29, 1.82) is 0 Å². The van der Waals surface area contributed by atoms with E-state index in [1.165, 1.54) is 0 Å². The van der Waals surface area contributed by atoms with Crippen molar-refractivity contribution < 1.29 is 13.2 Å². The molecular formula is C16H22ClF3N2. The molecule has 0 bridgehead atoms. The van der Waals surface area contributed by atoms with Crippen LogP contribution in [0.3, 0.4) is 0 Å². The van der Waals surface area contributed by atoms with E-state index in [1.807, 2.05) is 0 Å². The van der Waals surface area contributed by atoms with Crippen molar-refractivity contribution in [1.82, 2.24) is 10.2 Å². The van der Waals surface area contributed by atoms with Crippen molar-refractivity contribution in [3.05, 3.63) is 35.1 Å². The number of nitrogens with one attached hydrogen (secondary N) is 1. The van der Waals surface area contributed by atoms with E-state index in [-0.39, 0.29) is 29.9 Å². The molecule has 2 nitrogen and oxygen atoms in total. The molecule has 1 saturated heterocycles. The van der Waals surface area contributed by atoms with Crippen LogP contribution in [-0.4, -0.2) is 31.1 Å². The fourth-order valence-corrected chi connectivity index (χ4v) is 3.79. The summed E-state index contributed by atoms with van der Waals surface area (Å²) in [5, 5.41) is 3.26. The Morgan fingerprint density at radius 3 is 2.09 bits per heavy atom. The van der Waals surface area contributed by atoms with Crippen LogP contribution in [0.15, 0.2) is 12.1 Å². The molecule has 1 aromatic carbocycles. The van der Waals surface area contributed by atoms with Crippen LogP contribution in [0.5, 0.6) is 0 Å². The van der Waals surface area contributed by atoms with E-state index in [1.54, 1.807) is 0 Å². The van der Waals surface area contributed by atoms with Gasteiger partial charge in [-0.1, -0.05) is 12.8 Å². The van der Waals surface area contributed by atoms with Gasteiger partial charge in [0.2, 0.25) is 0 Å². The van der Waals surface area contributed by atoms with E-state index in [0.29, 0.717) is 0 Å². The van der Waals surface area contributed by atoms with E-state index < -0.39 is 17.5 Å². The SMILES string of the molecule is Cl.Fc1cc(F)c([C@@H](C2CCCC2)N2CCNCC2)c(F)c1. The summed E-state index contributed by atoms with van der Waals surface area (Å²) >= 11 is 0. The van der Waals surface area contributed by atoms with Gasteiger partial charge in [0.1, 0.15) is 17.5 Å². The Labute approximate surface area is 135 Å². The first-order valence-corrected chi connectivity index (χ1v) is 7.76. The Morgan fingerprint density at radius 2 is 1.55 bits per heavy atom. The van der Waals surface area contributed by atoms with Gasteiger partial charge in [0.25, 0.3) is 0 Å². The lowest BCUT2D eigenvalue weighted by Gasteiger charge is -2.38. The minimum absolute atomic E-state index is 0. The summed E-state index contributed by atoms with van der Waals surface area (Å²) in [6.07, 6.45) is 4.20. The number of hydrogen-bond donors (Lipinski definition) is 1. The molecule has 2 fully saturated rings. The maximum absolute atomic E-state index is 14.2. The normalized spacial score (nSPS) is 21.6. The van der Waals surface area contributed by atoms with Gasteiger partial charge in [0, 0.05) is 49.9 Å². The highest BCUT2D eigenvalue weighted by Crippen LogP contribution is 2.41. The van der Waals surface area contributed by atoms with Crippen LogP contribution >= 0.6 is 12.4 Å². The number of piperazine rings is 1. The molecule has 0 aromatic heterocycles. The van der Waals surface area contributed by atoms with Crippen molar-refractivity contribution >= 4 is 12.4 Å². The minimum atomic E-state index is -0.848. The number of benzene rings is 1. The number of rotatable bonds is 3. The molecule has 1 aromatic rings. The molecule has 0 unspecified atom stereocenters. The Hall–Kier alpha value is -0.780. The first kappa shape index (κ1) is 17.6. The third-order valence-corrected chi connectivity index (χ3v) is 4.73. The van der Waals surface area contributed by atoms with E-state index in [4.69, 9.17) is 0 Å². The van der Waals surface area contributed by atoms with Gasteiger partial charge in [-0.15, -0.1) is 12.4 Å². The summed E-state index contributed by atoms with van der Waals surface area (Å²) in [7, 11) is 0. The highest BCUT2D eigenvalue weighted by molar-refractivity contribution is 5.85. The Kier molecular flexibility index (Phi) is 6.12. The van der Waals surface area contributed by atoms with Crippen molar-refractivity contribution in [2.75, 3.05) is 26.2 Å². The zero-order valence-electron chi connectivity index (χ0n) is 12.5. The summed E-state index contributed by atoms with van der Waals surface area (Å²) in [4.78, 5) is 2.16. The molecule has 0 amide bonds. The predicted octanol–water partition coefficient (Wildman–Crippen LogP) is 3.66. The number of halogens is 4. The van der Waals surface area contributed by atoms with Crippen LogP contribution in [0.25, 0.3) is 0 Å². The zero-order valence-corrected chi connectivity index (χ0v) is 13.3. The van der Waals surface area contributed by atoms with Crippen molar-refractivity contribution in [2.45, 2.75) is 31.7 Å². The fraction of sp³-hybridized carbons (Fsp3) is 0.625. The number of nitrogens with zero attached hydrogens (tertiary/aromatic N) is 1. The van der Waals surface area contributed by atoms with E-state index in [9.17, 15) is 13.2 Å². The van der Waals surface area contributed by atoms with Crippen LogP contribution < -0.4 is 5.32 Å². The molecule has 2 aliphatic rings. The standard InChI is InChI=1S/C16H21F3N2.ClH/c17-12-9-13(18)15(14(19)10-12)16(11-3-1-2-4-11)21-7-5-20-6-8-21;/h9-11,16,20H,1-8H2;1H/t16-;/m1./s1. The van der Waals surface area contributed by atoms with Gasteiger partial charge >= 0.3 is 0 Å². The second-order valence-corrected chi connectivity index (χ2v) is 6.06. The molecule has 3 rings (SSSR count). The van der Waals surface area contributed by atoms with Crippen LogP contribution in [0.1, 0.15) is 37.3 Å². The van der Waals surface area contributed by atoms with Gasteiger partial charge in [0.15, 0.2) is 0 Å². The second-order valence-electron chi connectivity index (χ2n) is 6.06. The third-order valence-electron chi connectivity index (χ3n) is 4.73. The lowest BCUT2D eigenvalue weighted by atomic mass is 9.89. The molecule has 1 N–H and O–H groups in total. The average Bonchev–Trinajstić information content (AvgIpc) is 2.97. The summed E-state index contributed by atoms with van der Waals surface area (Å²) in [6, 6.07) is 1.35. The van der Waals surface area contributed by atoms with Crippen LogP contribution in [-0.2, 0) is 0 Å². The third kappa shape index (κ3) is 3.58. The summed E-state index contributed by atoms with van der Waals surface area (Å²) in [5.41, 5.74) is 0.0604. The largest absolute Gasteiger partial charge is 0.314 e. The summed E-state index contributed by atoms with van der Waals surface area (Å²) in [6.45, 7) is 3.20. The van der Waals surface area contributed by atoms with E-state index in [0.717, 1.165) is 64.0 Å². The summed E-state index contributed by atoms with van der Waals surface area (Å²) in [5.74, 6) is -2.08. The monoisotopic (exact) mass is 334 g/mol. The van der Waals surface area contributed by atoms with E-state index >= 15 is 0 Å². The van der Waals surface area contributed by atoms with Crippen LogP contribution in [0, 0.1) is 23.4 Å². The molecule has 124 valence electrons. The van der Waals surface area contributed by atoms with Crippen molar-refractivity contribution in [3.63, 3.8) is 0 Å². The maximum Gasteiger partial charge on any atom is 0.133 e. The molecule has 0 spiro atoms. The van der Waals surface area contributed by atoms with Crippen molar-refractivity contribution in [3.8, 4) is 0 Å². The fourth-order valence-electron chi connectivity index (χ4n) is 3.79. The molecular weight excluding hydrogens is 313 g/mol. The molecule has 1 saturated carbocycles. The smallest absolute Gasteiger partial charge is 0.133 e. The number of hydrogen-bond acceptors (Lipinski definition) is 2. The lowest BCUT2D eigenvalue weighted by molar-refractivity contribution is 0.119. The molecule has 0 radical (unpaired) electrons. The van der Waals surface area contributed by atoms with Gasteiger partial charge in [-0.05, 0) is 18.8 Å². The Balaban J connectivity index is 0.00000176. The van der Waals surface area contributed by atoms with Crippen LogP contribution in [0.4, 0.5) is 13.2 Å². The lowest BCUT2D eigenvalue weighted by Crippen LogP contribution is -2.47. The molecule has 1 aliphatic carbocycles. The first-order valence-electron chi connectivity index (χ1n) is 7.76. The highest BCUT2D eigenvalue weighted by atomic mass is 35.5. The molecule has 1 aliphatic heterocycles. The van der Waals surface area contributed by atoms with Gasteiger partial charge < -0.3 is 5.32 Å². The molecule has 1 atom stereocenters. The predicted molar refractivity (Wildman–Crippen MR) is 82.7 cm³/mol. The van der Waals surface area contributed by atoms with E-state index in [2.05, 4.69) is 10.2 Å². The minimum Gasteiger partial charge on any atom is -0.314 e. The van der Waals surface area contributed by atoms with Gasteiger partial charge in [0.05, 0.1) is 0 Å². The topological polar surface area (TPSA) is 15.3 Å². The van der Waals surface area contributed by atoms with Gasteiger partial charge in [-0.3, -0.25) is 4.90 Å². The quantitative estimate of drug-likeness (QED) is 0.907. The van der Waals surface area contributed by atoms with Gasteiger partial charge in [-0.25, -0.2) is 13.2 Å². The molecule has 6 heteroatoms. The Morgan fingerprint density at radius 1 is 1.00 bits per heavy atom. The molecule has 22 heavy (non-hydrogen) atoms. The molecule has 1 heterocycles. The van der Waals surface area contributed by atoms with Crippen LogP contribution in [0.2, 0.25) is 0 Å². The first-order chi connectivity index (χ1) is 10.2. The maximum atomic E-state index is 14.2. The zero-order chi connectivity index (χ0) is 14.8. The average molecular weight is 335 g/mol. The summed E-state index contributed by atoms with van der Waals surface area (Å²) < 4.78 is 41.7. The van der Waals surface area contributed by atoms with Crippen molar-refractivity contribution in [2.24, 2.45) is 5.92 Å².